The minimum absolute atomic E-state index is 0.500. The summed E-state index contributed by atoms with van der Waals surface area (Å²) in [5.74, 6) is 0.574. The molecule has 3 heteroatoms. The maximum Gasteiger partial charge on any atom is 0.155 e. The number of allylic oxidation sites excluding steroid dienone is 1. The van der Waals surface area contributed by atoms with Crippen molar-refractivity contribution in [1.82, 2.24) is 5.16 Å². The van der Waals surface area contributed by atoms with E-state index in [1.54, 1.807) is 6.08 Å². The Morgan fingerprint density at radius 2 is 2.60 bits per heavy atom. The average molecular weight is 137 g/mol. The van der Waals surface area contributed by atoms with Crippen LogP contribution in [0.2, 0.25) is 0 Å². The van der Waals surface area contributed by atoms with E-state index in [0.717, 1.165) is 6.29 Å². The summed E-state index contributed by atoms with van der Waals surface area (Å²) in [4.78, 5) is 10.2. The predicted molar refractivity (Wildman–Crippen MR) is 35.8 cm³/mol. The molecule has 52 valence electrons. The average Bonchev–Trinajstić information content (AvgIpc) is 2.36. The molecule has 0 amide bonds. The summed E-state index contributed by atoms with van der Waals surface area (Å²) < 4.78 is 4.74. The second-order valence-corrected chi connectivity index (χ2v) is 1.81. The monoisotopic (exact) mass is 137 g/mol. The Labute approximate surface area is 58.3 Å². The van der Waals surface area contributed by atoms with Crippen LogP contribution in [0.3, 0.4) is 0 Å². The highest BCUT2D eigenvalue weighted by Crippen LogP contribution is 2.05. The van der Waals surface area contributed by atoms with E-state index in [-0.39, 0.29) is 0 Å². The van der Waals surface area contributed by atoms with Crippen LogP contribution in [0, 0.1) is 0 Å². The van der Waals surface area contributed by atoms with Gasteiger partial charge in [-0.2, -0.15) is 0 Å². The third kappa shape index (κ3) is 1.13. The Kier molecular flexibility index (Phi) is 1.99. The van der Waals surface area contributed by atoms with Gasteiger partial charge in [-0.3, -0.25) is 4.79 Å². The molecule has 0 radical (unpaired) electrons. The molecule has 1 aromatic rings. The van der Waals surface area contributed by atoms with Gasteiger partial charge >= 0.3 is 0 Å². The molecule has 3 nitrogen and oxygen atoms in total. The number of aldehydes is 1. The van der Waals surface area contributed by atoms with Gasteiger partial charge in [0, 0.05) is 6.42 Å². The lowest BCUT2D eigenvalue weighted by Crippen LogP contribution is -1.82. The Bertz CT molecular complexity index is 240. The van der Waals surface area contributed by atoms with Crippen LogP contribution in [-0.2, 0) is 6.42 Å². The molecule has 0 fully saturated rings. The molecule has 0 saturated carbocycles. The van der Waals surface area contributed by atoms with Crippen LogP contribution in [0.4, 0.5) is 0 Å². The van der Waals surface area contributed by atoms with Gasteiger partial charge in [-0.05, 0) is 0 Å². The molecule has 0 aliphatic heterocycles. The van der Waals surface area contributed by atoms with Crippen molar-refractivity contribution >= 4 is 6.29 Å². The number of carbonyl (C=O) groups excluding carboxylic acids is 1. The summed E-state index contributed by atoms with van der Waals surface area (Å²) in [6.45, 7) is 3.51. The van der Waals surface area contributed by atoms with Gasteiger partial charge in [0.25, 0.3) is 0 Å². The zero-order valence-electron chi connectivity index (χ0n) is 5.41. The molecule has 0 spiro atoms. The van der Waals surface area contributed by atoms with Gasteiger partial charge < -0.3 is 4.52 Å². The van der Waals surface area contributed by atoms with Crippen molar-refractivity contribution in [2.45, 2.75) is 6.42 Å². The van der Waals surface area contributed by atoms with Gasteiger partial charge in [-0.1, -0.05) is 11.2 Å². The Hall–Kier alpha value is -1.38. The lowest BCUT2D eigenvalue weighted by atomic mass is 10.2. The highest BCUT2D eigenvalue weighted by Gasteiger charge is 2.02. The summed E-state index contributed by atoms with van der Waals surface area (Å²) in [5, 5.41) is 3.46. The molecule has 0 aliphatic rings. The lowest BCUT2D eigenvalue weighted by molar-refractivity contribution is 0.112. The number of nitrogens with zero attached hydrogens (tertiary/aromatic N) is 1. The molecule has 1 heterocycles. The largest absolute Gasteiger partial charge is 0.360 e. The van der Waals surface area contributed by atoms with Crippen LogP contribution in [0.5, 0.6) is 0 Å². The molecule has 0 aliphatic carbocycles. The van der Waals surface area contributed by atoms with Crippen LogP contribution < -0.4 is 0 Å². The van der Waals surface area contributed by atoms with Gasteiger partial charge in [0.2, 0.25) is 0 Å². The number of rotatable bonds is 3. The van der Waals surface area contributed by atoms with Gasteiger partial charge in [0.1, 0.15) is 0 Å². The minimum atomic E-state index is 0.500. The fraction of sp³-hybridized carbons (Fsp3) is 0.143. The molecule has 0 bridgehead atoms. The van der Waals surface area contributed by atoms with E-state index in [9.17, 15) is 4.79 Å². The summed E-state index contributed by atoms with van der Waals surface area (Å²) in [5.41, 5.74) is 0.500. The topological polar surface area (TPSA) is 43.1 Å². The first-order valence-electron chi connectivity index (χ1n) is 2.88. The molecular weight excluding hydrogens is 130 g/mol. The fourth-order valence-corrected chi connectivity index (χ4v) is 0.654. The SMILES string of the molecule is C=CCc1oncc1C=O. The normalized spacial score (nSPS) is 9.20. The van der Waals surface area contributed by atoms with Crippen molar-refractivity contribution in [3.05, 3.63) is 30.2 Å². The van der Waals surface area contributed by atoms with E-state index in [4.69, 9.17) is 4.52 Å². The highest BCUT2D eigenvalue weighted by atomic mass is 16.5. The van der Waals surface area contributed by atoms with Gasteiger partial charge in [-0.15, -0.1) is 6.58 Å². The molecule has 0 unspecified atom stereocenters. The highest BCUT2D eigenvalue weighted by molar-refractivity contribution is 5.75. The first-order chi connectivity index (χ1) is 4.88. The Balaban J connectivity index is 2.89. The molecule has 1 aromatic heterocycles. The van der Waals surface area contributed by atoms with E-state index in [1.807, 2.05) is 0 Å². The Morgan fingerprint density at radius 1 is 1.80 bits per heavy atom. The van der Waals surface area contributed by atoms with E-state index < -0.39 is 0 Å². The number of hydrogen-bond acceptors (Lipinski definition) is 3. The van der Waals surface area contributed by atoms with Crippen molar-refractivity contribution in [2.75, 3.05) is 0 Å². The Morgan fingerprint density at radius 3 is 3.20 bits per heavy atom. The zero-order chi connectivity index (χ0) is 7.40. The quantitative estimate of drug-likeness (QED) is 0.464. The van der Waals surface area contributed by atoms with Gasteiger partial charge in [-0.25, -0.2) is 0 Å². The number of aromatic nitrogens is 1. The molecular formula is C7H7NO2. The third-order valence-electron chi connectivity index (χ3n) is 1.13. The van der Waals surface area contributed by atoms with Crippen molar-refractivity contribution < 1.29 is 9.32 Å². The summed E-state index contributed by atoms with van der Waals surface area (Å²) in [6.07, 6.45) is 4.32. The fourth-order valence-electron chi connectivity index (χ4n) is 0.654. The van der Waals surface area contributed by atoms with Crippen LogP contribution in [0.15, 0.2) is 23.4 Å². The molecule has 1 rings (SSSR count). The zero-order valence-corrected chi connectivity index (χ0v) is 5.41. The summed E-state index contributed by atoms with van der Waals surface area (Å²) in [6, 6.07) is 0. The minimum Gasteiger partial charge on any atom is -0.360 e. The maximum atomic E-state index is 10.2. The first kappa shape index (κ1) is 6.74. The summed E-state index contributed by atoms with van der Waals surface area (Å²) >= 11 is 0. The number of carbonyl (C=O) groups is 1. The molecule has 0 N–H and O–H groups in total. The second-order valence-electron chi connectivity index (χ2n) is 1.81. The third-order valence-corrected chi connectivity index (χ3v) is 1.13. The van der Waals surface area contributed by atoms with Crippen LogP contribution in [-0.4, -0.2) is 11.4 Å². The van der Waals surface area contributed by atoms with Crippen LogP contribution in [0.25, 0.3) is 0 Å². The maximum absolute atomic E-state index is 10.2. The second kappa shape index (κ2) is 2.96. The van der Waals surface area contributed by atoms with Crippen LogP contribution in [0.1, 0.15) is 16.1 Å². The number of hydrogen-bond donors (Lipinski definition) is 0. The molecule has 0 aromatic carbocycles. The summed E-state index contributed by atoms with van der Waals surface area (Å²) in [7, 11) is 0. The van der Waals surface area contributed by atoms with E-state index in [0.29, 0.717) is 17.7 Å². The van der Waals surface area contributed by atoms with Gasteiger partial charge in [0.15, 0.2) is 12.0 Å². The lowest BCUT2D eigenvalue weighted by Gasteiger charge is -1.84. The van der Waals surface area contributed by atoms with E-state index in [1.165, 1.54) is 6.20 Å². The predicted octanol–water partition coefficient (Wildman–Crippen LogP) is 1.22. The molecule has 10 heavy (non-hydrogen) atoms. The van der Waals surface area contributed by atoms with Crippen molar-refractivity contribution in [3.8, 4) is 0 Å². The van der Waals surface area contributed by atoms with Crippen molar-refractivity contribution in [3.63, 3.8) is 0 Å². The van der Waals surface area contributed by atoms with Crippen molar-refractivity contribution in [1.29, 1.82) is 0 Å². The van der Waals surface area contributed by atoms with Gasteiger partial charge in [0.05, 0.1) is 11.8 Å². The van der Waals surface area contributed by atoms with E-state index in [2.05, 4.69) is 11.7 Å². The first-order valence-corrected chi connectivity index (χ1v) is 2.88. The standard InChI is InChI=1S/C7H7NO2/c1-2-3-7-6(5-9)4-8-10-7/h2,4-5H,1,3H2. The van der Waals surface area contributed by atoms with E-state index >= 15 is 0 Å². The van der Waals surface area contributed by atoms with Crippen LogP contribution >= 0.6 is 0 Å². The molecule has 0 atom stereocenters. The smallest absolute Gasteiger partial charge is 0.155 e. The van der Waals surface area contributed by atoms with Crippen molar-refractivity contribution in [2.24, 2.45) is 0 Å². The molecule has 0 saturated heterocycles.